The van der Waals surface area contributed by atoms with Crippen molar-refractivity contribution in [1.82, 2.24) is 14.5 Å². The average molecular weight is 217 g/mol. The molecule has 0 fully saturated rings. The maximum absolute atomic E-state index is 11.0. The van der Waals surface area contributed by atoms with Crippen LogP contribution in [0.15, 0.2) is 36.9 Å². The van der Waals surface area contributed by atoms with Crippen LogP contribution >= 0.6 is 0 Å². The lowest BCUT2D eigenvalue weighted by molar-refractivity contribution is -0.139. The van der Waals surface area contributed by atoms with Gasteiger partial charge >= 0.3 is 5.97 Å². The highest BCUT2D eigenvalue weighted by Crippen LogP contribution is 2.05. The summed E-state index contributed by atoms with van der Waals surface area (Å²) in [4.78, 5) is 19.3. The average Bonchev–Trinajstić information content (AvgIpc) is 2.78. The SMILES string of the molecule is COC(=O)Cc1cn(-c2ccccn2)cn1. The van der Waals surface area contributed by atoms with E-state index in [1.807, 2.05) is 18.2 Å². The van der Waals surface area contributed by atoms with Gasteiger partial charge in [0, 0.05) is 12.4 Å². The zero-order valence-corrected chi connectivity index (χ0v) is 8.83. The van der Waals surface area contributed by atoms with Crippen LogP contribution in [0, 0.1) is 0 Å². The van der Waals surface area contributed by atoms with Crippen molar-refractivity contribution in [2.24, 2.45) is 0 Å². The number of aromatic nitrogens is 3. The molecule has 0 aliphatic heterocycles. The number of hydrogen-bond donors (Lipinski definition) is 0. The third-order valence-electron chi connectivity index (χ3n) is 2.10. The molecule has 5 nitrogen and oxygen atoms in total. The first-order valence-corrected chi connectivity index (χ1v) is 4.80. The van der Waals surface area contributed by atoms with E-state index < -0.39 is 0 Å². The highest BCUT2D eigenvalue weighted by Gasteiger charge is 2.06. The second-order valence-corrected chi connectivity index (χ2v) is 3.21. The van der Waals surface area contributed by atoms with Gasteiger partial charge in [-0.3, -0.25) is 9.36 Å². The molecule has 0 aliphatic carbocycles. The second kappa shape index (κ2) is 4.57. The Kier molecular flexibility index (Phi) is 2.95. The first-order chi connectivity index (χ1) is 7.79. The fourth-order valence-corrected chi connectivity index (χ4v) is 1.31. The van der Waals surface area contributed by atoms with Crippen molar-refractivity contribution in [1.29, 1.82) is 0 Å². The minimum atomic E-state index is -0.300. The largest absolute Gasteiger partial charge is 0.469 e. The molecule has 0 saturated heterocycles. The molecule has 0 aromatic carbocycles. The monoisotopic (exact) mass is 217 g/mol. The number of methoxy groups -OCH3 is 1. The Labute approximate surface area is 92.7 Å². The van der Waals surface area contributed by atoms with E-state index in [1.165, 1.54) is 7.11 Å². The molecule has 0 saturated carbocycles. The zero-order chi connectivity index (χ0) is 11.4. The van der Waals surface area contributed by atoms with E-state index >= 15 is 0 Å². The molecule has 0 N–H and O–H groups in total. The minimum absolute atomic E-state index is 0.177. The van der Waals surface area contributed by atoms with Crippen LogP contribution in [-0.2, 0) is 16.0 Å². The van der Waals surface area contributed by atoms with Crippen molar-refractivity contribution >= 4 is 5.97 Å². The highest BCUT2D eigenvalue weighted by molar-refractivity contribution is 5.71. The molecule has 0 atom stereocenters. The molecule has 2 heterocycles. The fourth-order valence-electron chi connectivity index (χ4n) is 1.31. The quantitative estimate of drug-likeness (QED) is 0.719. The number of ether oxygens (including phenoxy) is 1. The van der Waals surface area contributed by atoms with Gasteiger partial charge < -0.3 is 4.74 Å². The zero-order valence-electron chi connectivity index (χ0n) is 8.83. The van der Waals surface area contributed by atoms with E-state index in [9.17, 15) is 4.79 Å². The molecule has 5 heteroatoms. The van der Waals surface area contributed by atoms with Crippen molar-refractivity contribution in [3.8, 4) is 5.82 Å². The highest BCUT2D eigenvalue weighted by atomic mass is 16.5. The van der Waals surface area contributed by atoms with E-state index in [2.05, 4.69) is 14.7 Å². The van der Waals surface area contributed by atoms with Gasteiger partial charge in [-0.1, -0.05) is 6.07 Å². The Morgan fingerprint density at radius 2 is 2.31 bits per heavy atom. The number of carbonyl (C=O) groups is 1. The summed E-state index contributed by atoms with van der Waals surface area (Å²) in [6, 6.07) is 5.60. The molecule has 0 amide bonds. The summed E-state index contributed by atoms with van der Waals surface area (Å²) >= 11 is 0. The van der Waals surface area contributed by atoms with Gasteiger partial charge in [0.05, 0.1) is 19.2 Å². The van der Waals surface area contributed by atoms with Gasteiger partial charge in [0.1, 0.15) is 12.1 Å². The smallest absolute Gasteiger partial charge is 0.311 e. The standard InChI is InChI=1S/C11H11N3O2/c1-16-11(15)6-9-7-14(8-13-9)10-4-2-3-5-12-10/h2-5,7-8H,6H2,1H3. The Bertz CT molecular complexity index is 479. The van der Waals surface area contributed by atoms with Crippen molar-refractivity contribution < 1.29 is 9.53 Å². The molecule has 2 aromatic rings. The fraction of sp³-hybridized carbons (Fsp3) is 0.182. The number of imidazole rings is 1. The van der Waals surface area contributed by atoms with Crippen LogP contribution in [0.5, 0.6) is 0 Å². The summed E-state index contributed by atoms with van der Waals surface area (Å²) in [5.74, 6) is 0.470. The lowest BCUT2D eigenvalue weighted by atomic mass is 10.3. The Balaban J connectivity index is 2.17. The maximum atomic E-state index is 11.0. The van der Waals surface area contributed by atoms with Crippen LogP contribution in [-0.4, -0.2) is 27.6 Å². The summed E-state index contributed by atoms with van der Waals surface area (Å²) in [7, 11) is 1.36. The third kappa shape index (κ3) is 2.25. The number of nitrogens with zero attached hydrogens (tertiary/aromatic N) is 3. The van der Waals surface area contributed by atoms with Gasteiger partial charge in [0.15, 0.2) is 0 Å². The summed E-state index contributed by atoms with van der Waals surface area (Å²) in [6.07, 6.45) is 5.27. The molecule has 0 spiro atoms. The van der Waals surface area contributed by atoms with E-state index in [-0.39, 0.29) is 12.4 Å². The molecular weight excluding hydrogens is 206 g/mol. The van der Waals surface area contributed by atoms with E-state index in [4.69, 9.17) is 0 Å². The topological polar surface area (TPSA) is 57.0 Å². The van der Waals surface area contributed by atoms with Gasteiger partial charge in [-0.15, -0.1) is 0 Å². The first kappa shape index (κ1) is 10.4. The molecule has 2 aromatic heterocycles. The lowest BCUT2D eigenvalue weighted by Gasteiger charge is -1.98. The summed E-state index contributed by atoms with van der Waals surface area (Å²) in [6.45, 7) is 0. The van der Waals surface area contributed by atoms with Crippen LogP contribution in [0.25, 0.3) is 5.82 Å². The maximum Gasteiger partial charge on any atom is 0.311 e. The van der Waals surface area contributed by atoms with Gasteiger partial charge in [0.25, 0.3) is 0 Å². The van der Waals surface area contributed by atoms with Crippen LogP contribution in [0.4, 0.5) is 0 Å². The van der Waals surface area contributed by atoms with Crippen molar-refractivity contribution in [3.63, 3.8) is 0 Å². The number of hydrogen-bond acceptors (Lipinski definition) is 4. The Morgan fingerprint density at radius 1 is 1.44 bits per heavy atom. The molecule has 16 heavy (non-hydrogen) atoms. The molecular formula is C11H11N3O2. The molecule has 82 valence electrons. The number of carbonyl (C=O) groups excluding carboxylic acids is 1. The Hall–Kier alpha value is -2.17. The van der Waals surface area contributed by atoms with Crippen LogP contribution in [0.3, 0.4) is 0 Å². The molecule has 0 radical (unpaired) electrons. The molecule has 0 bridgehead atoms. The Morgan fingerprint density at radius 3 is 3.00 bits per heavy atom. The first-order valence-electron chi connectivity index (χ1n) is 4.80. The predicted molar refractivity (Wildman–Crippen MR) is 57.1 cm³/mol. The lowest BCUT2D eigenvalue weighted by Crippen LogP contribution is -2.04. The number of rotatable bonds is 3. The molecule has 0 unspecified atom stereocenters. The van der Waals surface area contributed by atoms with Gasteiger partial charge in [-0.05, 0) is 12.1 Å². The summed E-state index contributed by atoms with van der Waals surface area (Å²) in [5, 5.41) is 0. The van der Waals surface area contributed by atoms with Crippen molar-refractivity contribution in [2.75, 3.05) is 7.11 Å². The van der Waals surface area contributed by atoms with Gasteiger partial charge in [-0.2, -0.15) is 0 Å². The van der Waals surface area contributed by atoms with Crippen LogP contribution in [0.1, 0.15) is 5.69 Å². The second-order valence-electron chi connectivity index (χ2n) is 3.21. The number of pyridine rings is 1. The van der Waals surface area contributed by atoms with E-state index in [0.29, 0.717) is 5.69 Å². The third-order valence-corrected chi connectivity index (χ3v) is 2.10. The predicted octanol–water partition coefficient (Wildman–Crippen LogP) is 0.983. The van der Waals surface area contributed by atoms with Crippen LogP contribution < -0.4 is 0 Å². The van der Waals surface area contributed by atoms with E-state index in [1.54, 1.807) is 23.3 Å². The van der Waals surface area contributed by atoms with Gasteiger partial charge in [-0.25, -0.2) is 9.97 Å². The van der Waals surface area contributed by atoms with Crippen LogP contribution in [0.2, 0.25) is 0 Å². The van der Waals surface area contributed by atoms with Crippen molar-refractivity contribution in [2.45, 2.75) is 6.42 Å². The number of esters is 1. The molecule has 2 rings (SSSR count). The van der Waals surface area contributed by atoms with Crippen molar-refractivity contribution in [3.05, 3.63) is 42.6 Å². The summed E-state index contributed by atoms with van der Waals surface area (Å²) in [5.41, 5.74) is 0.664. The molecule has 0 aliphatic rings. The van der Waals surface area contributed by atoms with Gasteiger partial charge in [0.2, 0.25) is 0 Å². The normalized spacial score (nSPS) is 10.1. The van der Waals surface area contributed by atoms with E-state index in [0.717, 1.165) is 5.82 Å². The summed E-state index contributed by atoms with van der Waals surface area (Å²) < 4.78 is 6.33. The minimum Gasteiger partial charge on any atom is -0.469 e.